The molecule has 0 bridgehead atoms. The molecule has 0 saturated carbocycles. The highest BCUT2D eigenvalue weighted by Gasteiger charge is 2.07. The zero-order chi connectivity index (χ0) is 15.6. The standard InChI is InChI=1S/C17H12N4OS/c22-16-14-8-7-13(23-12-5-2-1-3-6-12)11-15(14)19-17(20-16)21-10-4-9-18-21/h1-11H,(H,19,20,22). The summed E-state index contributed by atoms with van der Waals surface area (Å²) in [6.45, 7) is 0. The lowest BCUT2D eigenvalue weighted by atomic mass is 10.2. The van der Waals surface area contributed by atoms with Crippen molar-refractivity contribution in [3.8, 4) is 5.95 Å². The summed E-state index contributed by atoms with van der Waals surface area (Å²) in [5.74, 6) is 0.411. The van der Waals surface area contributed by atoms with Gasteiger partial charge in [-0.3, -0.25) is 9.78 Å². The number of nitrogens with zero attached hydrogens (tertiary/aromatic N) is 3. The number of fused-ring (bicyclic) bond motifs is 1. The number of nitrogens with one attached hydrogen (secondary N) is 1. The molecule has 2 heterocycles. The maximum atomic E-state index is 12.2. The average molecular weight is 320 g/mol. The number of aromatic nitrogens is 4. The predicted molar refractivity (Wildman–Crippen MR) is 90.1 cm³/mol. The first-order valence-corrected chi connectivity index (χ1v) is 7.88. The van der Waals surface area contributed by atoms with Crippen LogP contribution in [-0.4, -0.2) is 19.7 Å². The molecule has 0 amide bonds. The minimum absolute atomic E-state index is 0.170. The second-order valence-corrected chi connectivity index (χ2v) is 6.08. The molecule has 112 valence electrons. The molecule has 2 aromatic carbocycles. The van der Waals surface area contributed by atoms with Gasteiger partial charge in [0.15, 0.2) is 0 Å². The van der Waals surface area contributed by atoms with Crippen LogP contribution in [0, 0.1) is 0 Å². The Labute approximate surface area is 136 Å². The number of benzene rings is 2. The molecule has 0 fully saturated rings. The Kier molecular flexibility index (Phi) is 3.44. The molecular formula is C17H12N4OS. The van der Waals surface area contributed by atoms with Crippen LogP contribution in [0.1, 0.15) is 0 Å². The molecule has 2 aromatic heterocycles. The molecular weight excluding hydrogens is 308 g/mol. The Morgan fingerprint density at radius 1 is 1.00 bits per heavy atom. The van der Waals surface area contributed by atoms with Crippen molar-refractivity contribution in [2.75, 3.05) is 0 Å². The number of aromatic amines is 1. The van der Waals surface area contributed by atoms with Gasteiger partial charge in [-0.15, -0.1) is 0 Å². The smallest absolute Gasteiger partial charge is 0.260 e. The quantitative estimate of drug-likeness (QED) is 0.629. The van der Waals surface area contributed by atoms with Crippen LogP contribution in [0.3, 0.4) is 0 Å². The Hall–Kier alpha value is -2.86. The summed E-state index contributed by atoms with van der Waals surface area (Å²) in [7, 11) is 0. The SMILES string of the molecule is O=c1[nH]c(-n2cccn2)nc2cc(Sc3ccccc3)ccc12. The molecule has 4 rings (SSSR count). The molecule has 1 N–H and O–H groups in total. The predicted octanol–water partition coefficient (Wildman–Crippen LogP) is 3.26. The Morgan fingerprint density at radius 3 is 2.65 bits per heavy atom. The van der Waals surface area contributed by atoms with E-state index < -0.39 is 0 Å². The van der Waals surface area contributed by atoms with Gasteiger partial charge >= 0.3 is 0 Å². The fourth-order valence-electron chi connectivity index (χ4n) is 2.30. The maximum absolute atomic E-state index is 12.2. The van der Waals surface area contributed by atoms with Crippen LogP contribution >= 0.6 is 11.8 Å². The van der Waals surface area contributed by atoms with Crippen LogP contribution in [0.2, 0.25) is 0 Å². The lowest BCUT2D eigenvalue weighted by Crippen LogP contribution is -2.13. The van der Waals surface area contributed by atoms with Crippen LogP contribution in [0.5, 0.6) is 0 Å². The van der Waals surface area contributed by atoms with E-state index in [1.54, 1.807) is 36.3 Å². The highest BCUT2D eigenvalue weighted by atomic mass is 32.2. The molecule has 4 aromatic rings. The normalized spacial score (nSPS) is 11.0. The molecule has 0 atom stereocenters. The van der Waals surface area contributed by atoms with Crippen LogP contribution in [-0.2, 0) is 0 Å². The van der Waals surface area contributed by atoms with Crippen molar-refractivity contribution >= 4 is 22.7 Å². The summed E-state index contributed by atoms with van der Waals surface area (Å²) in [6.07, 6.45) is 3.39. The van der Waals surface area contributed by atoms with Crippen molar-refractivity contribution in [2.45, 2.75) is 9.79 Å². The zero-order valence-corrected chi connectivity index (χ0v) is 12.8. The third-order valence-electron chi connectivity index (χ3n) is 3.37. The van der Waals surface area contributed by atoms with Crippen molar-refractivity contribution in [2.24, 2.45) is 0 Å². The summed E-state index contributed by atoms with van der Waals surface area (Å²) >= 11 is 1.64. The average Bonchev–Trinajstić information content (AvgIpc) is 3.10. The third-order valence-corrected chi connectivity index (χ3v) is 4.36. The van der Waals surface area contributed by atoms with Crippen LogP contribution in [0.25, 0.3) is 16.9 Å². The summed E-state index contributed by atoms with van der Waals surface area (Å²) in [4.78, 5) is 21.7. The highest BCUT2D eigenvalue weighted by molar-refractivity contribution is 7.99. The van der Waals surface area contributed by atoms with Gasteiger partial charge in [-0.2, -0.15) is 5.10 Å². The summed E-state index contributed by atoms with van der Waals surface area (Å²) in [6, 6.07) is 17.5. The lowest BCUT2D eigenvalue weighted by Gasteiger charge is -2.05. The van der Waals surface area contributed by atoms with Crippen LogP contribution in [0.15, 0.2) is 81.6 Å². The molecule has 0 aliphatic rings. The van der Waals surface area contributed by atoms with E-state index in [-0.39, 0.29) is 5.56 Å². The fourth-order valence-corrected chi connectivity index (χ4v) is 3.17. The topological polar surface area (TPSA) is 63.6 Å². The molecule has 0 spiro atoms. The number of hydrogen-bond donors (Lipinski definition) is 1. The molecule has 0 aliphatic heterocycles. The summed E-state index contributed by atoms with van der Waals surface area (Å²) < 4.78 is 1.54. The van der Waals surface area contributed by atoms with E-state index in [1.165, 1.54) is 4.68 Å². The van der Waals surface area contributed by atoms with E-state index in [4.69, 9.17) is 0 Å². The molecule has 5 nitrogen and oxygen atoms in total. The number of H-pyrrole nitrogens is 1. The minimum atomic E-state index is -0.170. The van der Waals surface area contributed by atoms with Crippen molar-refractivity contribution in [1.29, 1.82) is 0 Å². The first-order valence-electron chi connectivity index (χ1n) is 7.06. The van der Waals surface area contributed by atoms with E-state index >= 15 is 0 Å². The van der Waals surface area contributed by atoms with Gasteiger partial charge < -0.3 is 0 Å². The van der Waals surface area contributed by atoms with Gasteiger partial charge in [0, 0.05) is 22.2 Å². The van der Waals surface area contributed by atoms with Gasteiger partial charge in [0.25, 0.3) is 5.56 Å². The zero-order valence-electron chi connectivity index (χ0n) is 12.0. The first kappa shape index (κ1) is 13.8. The minimum Gasteiger partial charge on any atom is -0.290 e. The molecule has 0 radical (unpaired) electrons. The molecule has 0 aliphatic carbocycles. The third kappa shape index (κ3) is 2.76. The Balaban J connectivity index is 1.79. The van der Waals surface area contributed by atoms with Crippen molar-refractivity contribution in [1.82, 2.24) is 19.7 Å². The Bertz CT molecular complexity index is 1010. The van der Waals surface area contributed by atoms with E-state index in [9.17, 15) is 4.79 Å². The van der Waals surface area contributed by atoms with Gasteiger partial charge in [-0.25, -0.2) is 9.67 Å². The molecule has 23 heavy (non-hydrogen) atoms. The van der Waals surface area contributed by atoms with E-state index in [0.717, 1.165) is 9.79 Å². The number of hydrogen-bond acceptors (Lipinski definition) is 4. The van der Waals surface area contributed by atoms with E-state index in [0.29, 0.717) is 16.9 Å². The van der Waals surface area contributed by atoms with Crippen molar-refractivity contribution < 1.29 is 0 Å². The molecule has 0 unspecified atom stereocenters. The van der Waals surface area contributed by atoms with E-state index in [2.05, 4.69) is 27.2 Å². The lowest BCUT2D eigenvalue weighted by molar-refractivity contribution is 0.810. The second kappa shape index (κ2) is 5.73. The number of rotatable bonds is 3. The van der Waals surface area contributed by atoms with Gasteiger partial charge in [0.1, 0.15) is 0 Å². The largest absolute Gasteiger partial charge is 0.290 e. The van der Waals surface area contributed by atoms with Gasteiger partial charge in [-0.05, 0) is 36.4 Å². The molecule has 6 heteroatoms. The summed E-state index contributed by atoms with van der Waals surface area (Å²) in [5.41, 5.74) is 0.483. The molecule has 0 saturated heterocycles. The van der Waals surface area contributed by atoms with Crippen molar-refractivity contribution in [3.05, 3.63) is 77.3 Å². The van der Waals surface area contributed by atoms with E-state index in [1.807, 2.05) is 30.3 Å². The highest BCUT2D eigenvalue weighted by Crippen LogP contribution is 2.28. The van der Waals surface area contributed by atoms with Crippen LogP contribution in [0.4, 0.5) is 0 Å². The van der Waals surface area contributed by atoms with Gasteiger partial charge in [-0.1, -0.05) is 30.0 Å². The Morgan fingerprint density at radius 2 is 1.87 bits per heavy atom. The fraction of sp³-hybridized carbons (Fsp3) is 0. The summed E-state index contributed by atoms with van der Waals surface area (Å²) in [5, 5.41) is 4.67. The first-order chi connectivity index (χ1) is 11.3. The second-order valence-electron chi connectivity index (χ2n) is 4.93. The van der Waals surface area contributed by atoms with Gasteiger partial charge in [0.2, 0.25) is 5.95 Å². The van der Waals surface area contributed by atoms with Crippen molar-refractivity contribution in [3.63, 3.8) is 0 Å². The van der Waals surface area contributed by atoms with Gasteiger partial charge in [0.05, 0.1) is 10.9 Å². The maximum Gasteiger partial charge on any atom is 0.260 e. The monoisotopic (exact) mass is 320 g/mol. The van der Waals surface area contributed by atoms with Crippen LogP contribution < -0.4 is 5.56 Å².